The molecule has 1 aliphatic rings. The first kappa shape index (κ1) is 9.69. The van der Waals surface area contributed by atoms with Crippen LogP contribution in [0.5, 0.6) is 0 Å². The van der Waals surface area contributed by atoms with E-state index in [4.69, 9.17) is 9.47 Å². The van der Waals surface area contributed by atoms with Crippen molar-refractivity contribution in [1.29, 1.82) is 0 Å². The smallest absolute Gasteiger partial charge is 0.0809 e. The third-order valence-corrected chi connectivity index (χ3v) is 2.44. The van der Waals surface area contributed by atoms with E-state index >= 15 is 0 Å². The molecule has 14 heavy (non-hydrogen) atoms. The lowest BCUT2D eigenvalue weighted by atomic mass is 10.2. The van der Waals surface area contributed by atoms with Crippen LogP contribution in [0.25, 0.3) is 0 Å². The van der Waals surface area contributed by atoms with Gasteiger partial charge in [-0.15, -0.1) is 0 Å². The molecule has 2 heteroatoms. The van der Waals surface area contributed by atoms with Crippen LogP contribution in [-0.2, 0) is 16.1 Å². The molecule has 2 rings (SSSR count). The van der Waals surface area contributed by atoms with Gasteiger partial charge in [0.25, 0.3) is 0 Å². The zero-order chi connectivity index (χ0) is 9.64. The van der Waals surface area contributed by atoms with Gasteiger partial charge < -0.3 is 9.47 Å². The van der Waals surface area contributed by atoms with Crippen LogP contribution in [0.15, 0.2) is 30.3 Å². The van der Waals surface area contributed by atoms with Gasteiger partial charge in [0.2, 0.25) is 0 Å². The van der Waals surface area contributed by atoms with Crippen molar-refractivity contribution in [3.63, 3.8) is 0 Å². The van der Waals surface area contributed by atoms with Gasteiger partial charge in [-0.2, -0.15) is 0 Å². The van der Waals surface area contributed by atoms with Crippen LogP contribution in [0.2, 0.25) is 0 Å². The zero-order valence-electron chi connectivity index (χ0n) is 8.32. The summed E-state index contributed by atoms with van der Waals surface area (Å²) in [6.07, 6.45) is 2.66. The standard InChI is InChI=1S/C12H16O2/c1-2-5-11(6-3-1)9-13-10-12-7-4-8-14-12/h1-3,5-6,12H,4,7-10H2. The fraction of sp³-hybridized carbons (Fsp3) is 0.500. The average molecular weight is 192 g/mol. The first-order valence-electron chi connectivity index (χ1n) is 5.18. The fourth-order valence-corrected chi connectivity index (χ4v) is 1.66. The molecule has 76 valence electrons. The van der Waals surface area contributed by atoms with E-state index in [1.54, 1.807) is 0 Å². The summed E-state index contributed by atoms with van der Waals surface area (Å²) < 4.78 is 11.0. The minimum Gasteiger partial charge on any atom is -0.376 e. The number of hydrogen-bond donors (Lipinski definition) is 0. The predicted molar refractivity (Wildman–Crippen MR) is 55.1 cm³/mol. The van der Waals surface area contributed by atoms with Crippen molar-refractivity contribution in [1.82, 2.24) is 0 Å². The molecule has 0 spiro atoms. The lowest BCUT2D eigenvalue weighted by molar-refractivity contribution is 0.0106. The summed E-state index contributed by atoms with van der Waals surface area (Å²) in [7, 11) is 0. The van der Waals surface area contributed by atoms with Crippen molar-refractivity contribution in [3.8, 4) is 0 Å². The lowest BCUT2D eigenvalue weighted by Crippen LogP contribution is -2.13. The van der Waals surface area contributed by atoms with Crippen LogP contribution in [0, 0.1) is 0 Å². The van der Waals surface area contributed by atoms with E-state index in [1.807, 2.05) is 18.2 Å². The minimum atomic E-state index is 0.332. The van der Waals surface area contributed by atoms with E-state index in [-0.39, 0.29) is 0 Å². The summed E-state index contributed by atoms with van der Waals surface area (Å²) in [6, 6.07) is 10.2. The van der Waals surface area contributed by atoms with E-state index in [0.717, 1.165) is 19.6 Å². The number of ether oxygens (including phenoxy) is 2. The molecule has 1 unspecified atom stereocenters. The molecule has 1 atom stereocenters. The Balaban J connectivity index is 1.67. The maximum absolute atomic E-state index is 5.58. The molecular weight excluding hydrogens is 176 g/mol. The van der Waals surface area contributed by atoms with Crippen LogP contribution in [-0.4, -0.2) is 19.3 Å². The van der Waals surface area contributed by atoms with Gasteiger partial charge in [0.1, 0.15) is 0 Å². The van der Waals surface area contributed by atoms with Gasteiger partial charge in [-0.25, -0.2) is 0 Å². The summed E-state index contributed by atoms with van der Waals surface area (Å²) >= 11 is 0. The van der Waals surface area contributed by atoms with Crippen LogP contribution in [0.3, 0.4) is 0 Å². The molecule has 0 saturated carbocycles. The van der Waals surface area contributed by atoms with Gasteiger partial charge in [-0.1, -0.05) is 30.3 Å². The molecule has 1 aliphatic heterocycles. The highest BCUT2D eigenvalue weighted by atomic mass is 16.5. The van der Waals surface area contributed by atoms with E-state index in [0.29, 0.717) is 12.7 Å². The van der Waals surface area contributed by atoms with Gasteiger partial charge >= 0.3 is 0 Å². The Morgan fingerprint density at radius 3 is 2.86 bits per heavy atom. The molecule has 0 aliphatic carbocycles. The molecule has 1 saturated heterocycles. The van der Waals surface area contributed by atoms with E-state index in [9.17, 15) is 0 Å². The van der Waals surface area contributed by atoms with Gasteiger partial charge in [-0.05, 0) is 18.4 Å². The summed E-state index contributed by atoms with van der Waals surface area (Å²) in [5.74, 6) is 0. The Morgan fingerprint density at radius 1 is 1.29 bits per heavy atom. The molecule has 0 amide bonds. The highest BCUT2D eigenvalue weighted by Crippen LogP contribution is 2.12. The van der Waals surface area contributed by atoms with Crippen molar-refractivity contribution in [2.24, 2.45) is 0 Å². The third-order valence-electron chi connectivity index (χ3n) is 2.44. The molecule has 1 heterocycles. The van der Waals surface area contributed by atoms with Gasteiger partial charge in [0.05, 0.1) is 19.3 Å². The van der Waals surface area contributed by atoms with E-state index < -0.39 is 0 Å². The van der Waals surface area contributed by atoms with Crippen LogP contribution < -0.4 is 0 Å². The third kappa shape index (κ3) is 2.82. The summed E-state index contributed by atoms with van der Waals surface area (Å²) in [6.45, 7) is 2.33. The summed E-state index contributed by atoms with van der Waals surface area (Å²) in [4.78, 5) is 0. The van der Waals surface area contributed by atoms with Crippen molar-refractivity contribution in [2.45, 2.75) is 25.6 Å². The van der Waals surface area contributed by atoms with Crippen molar-refractivity contribution < 1.29 is 9.47 Å². The first-order chi connectivity index (χ1) is 6.95. The highest BCUT2D eigenvalue weighted by Gasteiger charge is 2.14. The fourth-order valence-electron chi connectivity index (χ4n) is 1.66. The molecule has 0 aromatic heterocycles. The lowest BCUT2D eigenvalue weighted by Gasteiger charge is -2.09. The Bertz CT molecular complexity index is 252. The van der Waals surface area contributed by atoms with Gasteiger partial charge in [-0.3, -0.25) is 0 Å². The SMILES string of the molecule is c1ccc(COCC2CCCO2)cc1. The summed E-state index contributed by atoms with van der Waals surface area (Å²) in [5, 5.41) is 0. The summed E-state index contributed by atoms with van der Waals surface area (Å²) in [5.41, 5.74) is 1.23. The van der Waals surface area contributed by atoms with Crippen molar-refractivity contribution in [3.05, 3.63) is 35.9 Å². The Kier molecular flexibility index (Phi) is 3.55. The Hall–Kier alpha value is -0.860. The van der Waals surface area contributed by atoms with Gasteiger partial charge in [0.15, 0.2) is 0 Å². The van der Waals surface area contributed by atoms with Gasteiger partial charge in [0, 0.05) is 6.61 Å². The molecule has 1 aromatic rings. The monoisotopic (exact) mass is 192 g/mol. The molecule has 1 aromatic carbocycles. The van der Waals surface area contributed by atoms with Crippen LogP contribution in [0.1, 0.15) is 18.4 Å². The predicted octanol–water partition coefficient (Wildman–Crippen LogP) is 2.38. The molecular formula is C12H16O2. The number of rotatable bonds is 4. The number of benzene rings is 1. The second-order valence-corrected chi connectivity index (χ2v) is 3.64. The first-order valence-corrected chi connectivity index (χ1v) is 5.18. The van der Waals surface area contributed by atoms with Crippen LogP contribution in [0.4, 0.5) is 0 Å². The van der Waals surface area contributed by atoms with Crippen molar-refractivity contribution >= 4 is 0 Å². The maximum Gasteiger partial charge on any atom is 0.0809 e. The maximum atomic E-state index is 5.58. The largest absolute Gasteiger partial charge is 0.376 e. The molecule has 0 N–H and O–H groups in total. The Labute approximate surface area is 84.8 Å². The zero-order valence-corrected chi connectivity index (χ0v) is 8.32. The average Bonchev–Trinajstić information content (AvgIpc) is 2.72. The number of hydrogen-bond acceptors (Lipinski definition) is 2. The van der Waals surface area contributed by atoms with Crippen LogP contribution >= 0.6 is 0 Å². The second kappa shape index (κ2) is 5.13. The Morgan fingerprint density at radius 2 is 2.14 bits per heavy atom. The minimum absolute atomic E-state index is 0.332. The molecule has 2 nitrogen and oxygen atoms in total. The quantitative estimate of drug-likeness (QED) is 0.729. The molecule has 0 radical (unpaired) electrons. The topological polar surface area (TPSA) is 18.5 Å². The van der Waals surface area contributed by atoms with E-state index in [1.165, 1.54) is 12.0 Å². The van der Waals surface area contributed by atoms with Crippen molar-refractivity contribution in [2.75, 3.05) is 13.2 Å². The normalized spacial score (nSPS) is 21.3. The van der Waals surface area contributed by atoms with E-state index in [2.05, 4.69) is 12.1 Å². The highest BCUT2D eigenvalue weighted by molar-refractivity contribution is 5.13. The molecule has 0 bridgehead atoms. The molecule has 1 fully saturated rings. The second-order valence-electron chi connectivity index (χ2n) is 3.64.